The van der Waals surface area contributed by atoms with Crippen molar-refractivity contribution in [3.63, 3.8) is 0 Å². The highest BCUT2D eigenvalue weighted by Crippen LogP contribution is 2.38. The van der Waals surface area contributed by atoms with Crippen LogP contribution in [0, 0.1) is 0 Å². The monoisotopic (exact) mass is 706 g/mol. The van der Waals surface area contributed by atoms with E-state index in [9.17, 15) is 0 Å². The molecule has 3 aromatic heterocycles. The fourth-order valence-electron chi connectivity index (χ4n) is 7.76. The molecule has 0 saturated heterocycles. The summed E-state index contributed by atoms with van der Waals surface area (Å²) in [4.78, 5) is 15.0. The van der Waals surface area contributed by atoms with E-state index in [0.717, 1.165) is 33.5 Å². The molecular formula is C49H30N4S. The summed E-state index contributed by atoms with van der Waals surface area (Å²) in [6.45, 7) is 0. The van der Waals surface area contributed by atoms with E-state index in [1.807, 2.05) is 41.7 Å². The fraction of sp³-hybridized carbons (Fsp3) is 0. The van der Waals surface area contributed by atoms with Crippen molar-refractivity contribution in [1.29, 1.82) is 0 Å². The first-order valence-corrected chi connectivity index (χ1v) is 18.9. The number of fused-ring (bicyclic) bond motifs is 7. The van der Waals surface area contributed by atoms with E-state index in [1.165, 1.54) is 52.8 Å². The van der Waals surface area contributed by atoms with Crippen LogP contribution in [0.25, 0.3) is 104 Å². The van der Waals surface area contributed by atoms with Crippen molar-refractivity contribution in [2.45, 2.75) is 0 Å². The summed E-state index contributed by atoms with van der Waals surface area (Å²) in [5.41, 5.74) is 8.70. The summed E-state index contributed by atoms with van der Waals surface area (Å²) >= 11 is 1.81. The Morgan fingerprint density at radius 1 is 0.333 bits per heavy atom. The molecule has 5 heteroatoms. The van der Waals surface area contributed by atoms with Gasteiger partial charge < -0.3 is 4.57 Å². The molecule has 0 radical (unpaired) electrons. The van der Waals surface area contributed by atoms with E-state index in [0.29, 0.717) is 17.5 Å². The molecule has 11 rings (SSSR count). The second-order valence-electron chi connectivity index (χ2n) is 13.7. The van der Waals surface area contributed by atoms with Gasteiger partial charge in [0, 0.05) is 53.3 Å². The molecular weight excluding hydrogens is 677 g/mol. The number of thiophene rings is 1. The van der Waals surface area contributed by atoms with Crippen molar-refractivity contribution in [3.05, 3.63) is 182 Å². The first-order chi connectivity index (χ1) is 26.7. The SMILES string of the molecule is c1ccc(-c2nc(-c3ccc(-c4ccc(-n5c6ccccc6c6cc7ccccc7cc65)cc4)cc3)nc(-c3ccc4sc5ccccc5c4c3)n2)cc1. The van der Waals surface area contributed by atoms with E-state index in [-0.39, 0.29) is 0 Å². The summed E-state index contributed by atoms with van der Waals surface area (Å²) in [6.07, 6.45) is 0. The highest BCUT2D eigenvalue weighted by atomic mass is 32.1. The van der Waals surface area contributed by atoms with Gasteiger partial charge in [0.2, 0.25) is 0 Å². The number of nitrogens with zero attached hydrogens (tertiary/aromatic N) is 4. The van der Waals surface area contributed by atoms with Crippen LogP contribution in [0.1, 0.15) is 0 Å². The summed E-state index contributed by atoms with van der Waals surface area (Å²) in [5.74, 6) is 1.97. The minimum Gasteiger partial charge on any atom is -0.309 e. The summed E-state index contributed by atoms with van der Waals surface area (Å²) < 4.78 is 4.91. The van der Waals surface area contributed by atoms with Crippen LogP contribution in [0.4, 0.5) is 0 Å². The van der Waals surface area contributed by atoms with Crippen molar-refractivity contribution in [3.8, 4) is 51.0 Å². The van der Waals surface area contributed by atoms with Crippen LogP contribution in [0.15, 0.2) is 182 Å². The van der Waals surface area contributed by atoms with Gasteiger partial charge in [-0.25, -0.2) is 15.0 Å². The first kappa shape index (κ1) is 30.7. The average molecular weight is 707 g/mol. The lowest BCUT2D eigenvalue weighted by atomic mass is 10.0. The molecule has 4 nitrogen and oxygen atoms in total. The van der Waals surface area contributed by atoms with Gasteiger partial charge in [0.25, 0.3) is 0 Å². The number of hydrogen-bond donors (Lipinski definition) is 0. The third kappa shape index (κ3) is 5.09. The molecule has 0 aliphatic rings. The molecule has 8 aromatic carbocycles. The van der Waals surface area contributed by atoms with Gasteiger partial charge >= 0.3 is 0 Å². The maximum absolute atomic E-state index is 5.06. The second kappa shape index (κ2) is 12.3. The number of aromatic nitrogens is 4. The van der Waals surface area contributed by atoms with E-state index in [2.05, 4.69) is 156 Å². The maximum atomic E-state index is 5.06. The summed E-state index contributed by atoms with van der Waals surface area (Å²) in [7, 11) is 0. The number of rotatable bonds is 5. The zero-order valence-electron chi connectivity index (χ0n) is 29.0. The molecule has 54 heavy (non-hydrogen) atoms. The lowest BCUT2D eigenvalue weighted by Crippen LogP contribution is -2.00. The van der Waals surface area contributed by atoms with E-state index < -0.39 is 0 Å². The molecule has 3 heterocycles. The quantitative estimate of drug-likeness (QED) is 0.179. The van der Waals surface area contributed by atoms with Crippen molar-refractivity contribution in [1.82, 2.24) is 19.5 Å². The predicted octanol–water partition coefficient (Wildman–Crippen LogP) is 13.2. The van der Waals surface area contributed by atoms with Gasteiger partial charge in [-0.2, -0.15) is 0 Å². The smallest absolute Gasteiger partial charge is 0.164 e. The van der Waals surface area contributed by atoms with Gasteiger partial charge in [0.15, 0.2) is 17.5 Å². The van der Waals surface area contributed by atoms with Crippen LogP contribution in [0.3, 0.4) is 0 Å². The number of para-hydroxylation sites is 1. The molecule has 0 atom stereocenters. The molecule has 0 unspecified atom stereocenters. The Kier molecular flexibility index (Phi) is 7.00. The predicted molar refractivity (Wildman–Crippen MR) is 226 cm³/mol. The van der Waals surface area contributed by atoms with Crippen LogP contribution in [-0.2, 0) is 0 Å². The van der Waals surface area contributed by atoms with Gasteiger partial charge in [-0.15, -0.1) is 11.3 Å². The first-order valence-electron chi connectivity index (χ1n) is 18.1. The van der Waals surface area contributed by atoms with Crippen LogP contribution < -0.4 is 0 Å². The highest BCUT2D eigenvalue weighted by molar-refractivity contribution is 7.25. The molecule has 0 amide bonds. The zero-order chi connectivity index (χ0) is 35.6. The average Bonchev–Trinajstić information content (AvgIpc) is 3.78. The van der Waals surface area contributed by atoms with Crippen molar-refractivity contribution >= 4 is 64.1 Å². The maximum Gasteiger partial charge on any atom is 0.164 e. The molecule has 0 aliphatic heterocycles. The van der Waals surface area contributed by atoms with Crippen molar-refractivity contribution in [2.24, 2.45) is 0 Å². The van der Waals surface area contributed by atoms with Crippen LogP contribution in [0.5, 0.6) is 0 Å². The van der Waals surface area contributed by atoms with Crippen LogP contribution in [-0.4, -0.2) is 19.5 Å². The molecule has 11 aromatic rings. The Bertz CT molecular complexity index is 3200. The van der Waals surface area contributed by atoms with Gasteiger partial charge in [0.05, 0.1) is 11.0 Å². The molecule has 0 saturated carbocycles. The van der Waals surface area contributed by atoms with Gasteiger partial charge in [-0.3, -0.25) is 0 Å². The summed E-state index contributed by atoms with van der Waals surface area (Å²) in [6, 6.07) is 64.6. The topological polar surface area (TPSA) is 43.6 Å². The lowest BCUT2D eigenvalue weighted by Gasteiger charge is -2.11. The Morgan fingerprint density at radius 3 is 1.63 bits per heavy atom. The molecule has 0 fully saturated rings. The Morgan fingerprint density at radius 2 is 0.870 bits per heavy atom. The van der Waals surface area contributed by atoms with E-state index in [4.69, 9.17) is 15.0 Å². The Hall–Kier alpha value is -6.95. The Labute approximate surface area is 315 Å². The van der Waals surface area contributed by atoms with Gasteiger partial charge in [-0.05, 0) is 76.5 Å². The molecule has 0 aliphatic carbocycles. The van der Waals surface area contributed by atoms with Crippen LogP contribution in [0.2, 0.25) is 0 Å². The van der Waals surface area contributed by atoms with E-state index in [1.54, 1.807) is 0 Å². The van der Waals surface area contributed by atoms with Crippen LogP contribution >= 0.6 is 11.3 Å². The van der Waals surface area contributed by atoms with Gasteiger partial charge in [0.1, 0.15) is 0 Å². The van der Waals surface area contributed by atoms with Gasteiger partial charge in [-0.1, -0.05) is 127 Å². The number of benzene rings is 8. The van der Waals surface area contributed by atoms with Crippen molar-refractivity contribution in [2.75, 3.05) is 0 Å². The third-order valence-corrected chi connectivity index (χ3v) is 11.6. The Balaban J connectivity index is 0.964. The molecule has 0 N–H and O–H groups in total. The second-order valence-corrected chi connectivity index (χ2v) is 14.8. The standard InChI is InChI=1S/C49H30N4S/c1-2-10-33(11-3-1)47-50-48(52-49(51-47)37-24-27-46-42(29-37)40-15-7-9-17-45(40)54-46)34-20-18-31(19-21-34)32-22-25-38(26-23-32)53-43-16-8-6-14-39(43)41-28-35-12-4-5-13-36(35)30-44(41)53/h1-30H. The highest BCUT2D eigenvalue weighted by Gasteiger charge is 2.16. The number of hydrogen-bond acceptors (Lipinski definition) is 4. The zero-order valence-corrected chi connectivity index (χ0v) is 29.8. The fourth-order valence-corrected chi connectivity index (χ4v) is 8.85. The van der Waals surface area contributed by atoms with Crippen molar-refractivity contribution < 1.29 is 0 Å². The molecule has 0 spiro atoms. The lowest BCUT2D eigenvalue weighted by molar-refractivity contribution is 1.07. The summed E-state index contributed by atoms with van der Waals surface area (Å²) in [5, 5.41) is 7.49. The normalized spacial score (nSPS) is 11.7. The third-order valence-electron chi connectivity index (χ3n) is 10.4. The minimum atomic E-state index is 0.648. The largest absolute Gasteiger partial charge is 0.309 e. The minimum absolute atomic E-state index is 0.648. The van der Waals surface area contributed by atoms with E-state index >= 15 is 0 Å². The molecule has 0 bridgehead atoms. The molecule has 252 valence electrons.